The van der Waals surface area contributed by atoms with Gasteiger partial charge < -0.3 is 4.74 Å². The molecule has 2 nitrogen and oxygen atoms in total. The molecule has 0 saturated heterocycles. The summed E-state index contributed by atoms with van der Waals surface area (Å²) in [6, 6.07) is 0. The molecule has 0 rings (SSSR count). The molecule has 0 aliphatic rings. The highest BCUT2D eigenvalue weighted by Crippen LogP contribution is 2.14. The highest BCUT2D eigenvalue weighted by molar-refractivity contribution is 5.69. The summed E-state index contributed by atoms with van der Waals surface area (Å²) in [4.78, 5) is 11.6. The van der Waals surface area contributed by atoms with Gasteiger partial charge in [0, 0.05) is 6.42 Å². The van der Waals surface area contributed by atoms with Crippen LogP contribution in [0.5, 0.6) is 0 Å². The Labute approximate surface area is 196 Å². The number of hydrogen-bond donors (Lipinski definition) is 0. The van der Waals surface area contributed by atoms with Crippen molar-refractivity contribution in [3.63, 3.8) is 0 Å². The number of carbonyl (C=O) groups excluding carboxylic acids is 1. The first-order valence-corrected chi connectivity index (χ1v) is 14.5. The lowest BCUT2D eigenvalue weighted by Gasteiger charge is -2.05. The normalized spacial score (nSPS) is 11.2. The van der Waals surface area contributed by atoms with Crippen LogP contribution in [0.1, 0.15) is 174 Å². The molecule has 0 aromatic heterocycles. The van der Waals surface area contributed by atoms with Crippen LogP contribution in [0.2, 0.25) is 0 Å². The molecule has 0 radical (unpaired) electrons. The Morgan fingerprint density at radius 1 is 0.419 bits per heavy atom. The van der Waals surface area contributed by atoms with Gasteiger partial charge in [-0.15, -0.1) is 0 Å². The molecule has 0 spiro atoms. The number of unbranched alkanes of at least 4 members (excludes halogenated alkanes) is 22. The van der Waals surface area contributed by atoms with E-state index in [1.807, 2.05) is 0 Å². The monoisotopic (exact) mass is 438 g/mol. The highest BCUT2D eigenvalue weighted by atomic mass is 16.5. The van der Waals surface area contributed by atoms with E-state index in [1.165, 1.54) is 141 Å². The smallest absolute Gasteiger partial charge is 0.305 e. The summed E-state index contributed by atoms with van der Waals surface area (Å²) in [5.41, 5.74) is 0. The number of esters is 1. The van der Waals surface area contributed by atoms with Gasteiger partial charge in [0.2, 0.25) is 0 Å². The zero-order valence-corrected chi connectivity index (χ0v) is 21.7. The third kappa shape index (κ3) is 27.4. The molecule has 0 N–H and O–H groups in total. The fourth-order valence-electron chi connectivity index (χ4n) is 4.31. The SMILES string of the molecule is CCCCCCCCCCCCCCCCCCCCCOC(=O)CCCCCCC. The van der Waals surface area contributed by atoms with Gasteiger partial charge in [0.15, 0.2) is 0 Å². The van der Waals surface area contributed by atoms with E-state index in [1.54, 1.807) is 0 Å². The summed E-state index contributed by atoms with van der Waals surface area (Å²) in [6.07, 6.45) is 33.0. The average Bonchev–Trinajstić information content (AvgIpc) is 2.77. The lowest BCUT2D eigenvalue weighted by Crippen LogP contribution is -2.05. The molecule has 0 amide bonds. The predicted octanol–water partition coefficient (Wildman–Crippen LogP) is 10.3. The van der Waals surface area contributed by atoms with E-state index in [0.29, 0.717) is 13.0 Å². The predicted molar refractivity (Wildman–Crippen MR) is 138 cm³/mol. The molecule has 31 heavy (non-hydrogen) atoms. The number of ether oxygens (including phenoxy) is 1. The van der Waals surface area contributed by atoms with Gasteiger partial charge in [-0.3, -0.25) is 4.79 Å². The second-order valence-corrected chi connectivity index (χ2v) is 9.75. The molecule has 0 aliphatic heterocycles. The Morgan fingerprint density at radius 2 is 0.710 bits per heavy atom. The van der Waals surface area contributed by atoms with Crippen molar-refractivity contribution in [1.29, 1.82) is 0 Å². The largest absolute Gasteiger partial charge is 0.466 e. The third-order valence-electron chi connectivity index (χ3n) is 6.50. The molecule has 0 aromatic rings. The van der Waals surface area contributed by atoms with Crippen LogP contribution in [0.4, 0.5) is 0 Å². The molecule has 0 aromatic carbocycles. The van der Waals surface area contributed by atoms with E-state index in [2.05, 4.69) is 13.8 Å². The van der Waals surface area contributed by atoms with E-state index < -0.39 is 0 Å². The maximum Gasteiger partial charge on any atom is 0.305 e. The minimum absolute atomic E-state index is 0.0129. The molecule has 0 fully saturated rings. The van der Waals surface area contributed by atoms with Gasteiger partial charge in [0.05, 0.1) is 6.61 Å². The van der Waals surface area contributed by atoms with Crippen LogP contribution in [0, 0.1) is 0 Å². The summed E-state index contributed by atoms with van der Waals surface area (Å²) in [5.74, 6) is 0.0129. The summed E-state index contributed by atoms with van der Waals surface area (Å²) in [6.45, 7) is 5.14. The minimum atomic E-state index is 0.0129. The van der Waals surface area contributed by atoms with Gasteiger partial charge in [-0.05, 0) is 12.8 Å². The second-order valence-electron chi connectivity index (χ2n) is 9.75. The van der Waals surface area contributed by atoms with Gasteiger partial charge in [0.1, 0.15) is 0 Å². The van der Waals surface area contributed by atoms with Crippen molar-refractivity contribution < 1.29 is 9.53 Å². The average molecular weight is 439 g/mol. The lowest BCUT2D eigenvalue weighted by atomic mass is 10.0. The zero-order valence-electron chi connectivity index (χ0n) is 21.7. The van der Waals surface area contributed by atoms with Gasteiger partial charge in [-0.2, -0.15) is 0 Å². The van der Waals surface area contributed by atoms with E-state index in [4.69, 9.17) is 4.74 Å². The Bertz CT molecular complexity index is 340. The van der Waals surface area contributed by atoms with Crippen molar-refractivity contribution in [3.05, 3.63) is 0 Å². The van der Waals surface area contributed by atoms with Crippen LogP contribution in [0.3, 0.4) is 0 Å². The molecule has 0 bridgehead atoms. The Hall–Kier alpha value is -0.530. The van der Waals surface area contributed by atoms with Crippen molar-refractivity contribution in [2.45, 2.75) is 174 Å². The van der Waals surface area contributed by atoms with E-state index in [0.717, 1.165) is 12.8 Å². The van der Waals surface area contributed by atoms with Crippen LogP contribution in [0.25, 0.3) is 0 Å². The van der Waals surface area contributed by atoms with Crippen LogP contribution in [-0.2, 0) is 9.53 Å². The zero-order chi connectivity index (χ0) is 22.7. The molecule has 186 valence electrons. The molecular formula is C29H58O2. The first-order valence-electron chi connectivity index (χ1n) is 14.5. The lowest BCUT2D eigenvalue weighted by molar-refractivity contribution is -0.143. The van der Waals surface area contributed by atoms with E-state index >= 15 is 0 Å². The van der Waals surface area contributed by atoms with Crippen molar-refractivity contribution in [2.75, 3.05) is 6.61 Å². The van der Waals surface area contributed by atoms with Gasteiger partial charge in [0.25, 0.3) is 0 Å². The molecule has 2 heteroatoms. The van der Waals surface area contributed by atoms with Gasteiger partial charge in [-0.1, -0.05) is 155 Å². The standard InChI is InChI=1S/C29H58O2/c1-3-5-7-9-10-11-12-13-14-15-16-17-18-19-20-21-22-24-26-28-31-29(30)27-25-23-8-6-4-2/h3-28H2,1-2H3. The number of rotatable bonds is 26. The molecule has 0 saturated carbocycles. The topological polar surface area (TPSA) is 26.3 Å². The van der Waals surface area contributed by atoms with Gasteiger partial charge in [-0.25, -0.2) is 0 Å². The highest BCUT2D eigenvalue weighted by Gasteiger charge is 2.02. The molecule has 0 aliphatic carbocycles. The first kappa shape index (κ1) is 30.5. The maximum absolute atomic E-state index is 11.6. The summed E-state index contributed by atoms with van der Waals surface area (Å²) >= 11 is 0. The molecular weight excluding hydrogens is 380 g/mol. The number of carbonyl (C=O) groups is 1. The Balaban J connectivity index is 3.08. The van der Waals surface area contributed by atoms with Crippen molar-refractivity contribution in [3.8, 4) is 0 Å². The van der Waals surface area contributed by atoms with Crippen molar-refractivity contribution in [2.24, 2.45) is 0 Å². The van der Waals surface area contributed by atoms with Crippen LogP contribution < -0.4 is 0 Å². The third-order valence-corrected chi connectivity index (χ3v) is 6.50. The van der Waals surface area contributed by atoms with Crippen molar-refractivity contribution >= 4 is 5.97 Å². The van der Waals surface area contributed by atoms with Crippen LogP contribution >= 0.6 is 0 Å². The van der Waals surface area contributed by atoms with Crippen LogP contribution in [-0.4, -0.2) is 12.6 Å². The fourth-order valence-corrected chi connectivity index (χ4v) is 4.31. The Morgan fingerprint density at radius 3 is 1.06 bits per heavy atom. The van der Waals surface area contributed by atoms with Crippen LogP contribution in [0.15, 0.2) is 0 Å². The van der Waals surface area contributed by atoms with Crippen molar-refractivity contribution in [1.82, 2.24) is 0 Å². The quantitative estimate of drug-likeness (QED) is 0.0991. The summed E-state index contributed by atoms with van der Waals surface area (Å²) in [5, 5.41) is 0. The molecule has 0 heterocycles. The van der Waals surface area contributed by atoms with E-state index in [9.17, 15) is 4.79 Å². The summed E-state index contributed by atoms with van der Waals surface area (Å²) < 4.78 is 5.34. The van der Waals surface area contributed by atoms with Gasteiger partial charge >= 0.3 is 5.97 Å². The fraction of sp³-hybridized carbons (Fsp3) is 0.966. The number of hydrogen-bond acceptors (Lipinski definition) is 2. The summed E-state index contributed by atoms with van der Waals surface area (Å²) in [7, 11) is 0. The second kappa shape index (κ2) is 27.5. The first-order chi connectivity index (χ1) is 15.3. The maximum atomic E-state index is 11.6. The molecule has 0 atom stereocenters. The molecule has 0 unspecified atom stereocenters. The van der Waals surface area contributed by atoms with E-state index in [-0.39, 0.29) is 5.97 Å². The minimum Gasteiger partial charge on any atom is -0.466 e. The Kier molecular flexibility index (Phi) is 27.0.